The van der Waals surface area contributed by atoms with E-state index < -0.39 is 0 Å². The Kier molecular flexibility index (Phi) is 5.58. The second kappa shape index (κ2) is 8.46. The zero-order valence-corrected chi connectivity index (χ0v) is 18.1. The van der Waals surface area contributed by atoms with E-state index >= 15 is 0 Å². The maximum absolute atomic E-state index is 2.30. The van der Waals surface area contributed by atoms with Crippen molar-refractivity contribution < 1.29 is 0 Å². The van der Waals surface area contributed by atoms with E-state index in [1.54, 1.807) is 0 Å². The van der Waals surface area contributed by atoms with Gasteiger partial charge in [-0.25, -0.2) is 0 Å². The zero-order chi connectivity index (χ0) is 21.1. The molecule has 30 heavy (non-hydrogen) atoms. The number of rotatable bonds is 5. The first-order chi connectivity index (χ1) is 14.5. The van der Waals surface area contributed by atoms with Crippen molar-refractivity contribution in [1.82, 2.24) is 0 Å². The Labute approximate surface area is 180 Å². The van der Waals surface area contributed by atoms with Gasteiger partial charge in [0.1, 0.15) is 0 Å². The van der Waals surface area contributed by atoms with Crippen LogP contribution >= 0.6 is 0 Å². The van der Waals surface area contributed by atoms with Crippen LogP contribution in [-0.4, -0.2) is 7.05 Å². The van der Waals surface area contributed by atoms with Gasteiger partial charge in [-0.15, -0.1) is 0 Å². The van der Waals surface area contributed by atoms with Crippen molar-refractivity contribution in [2.45, 2.75) is 20.8 Å². The highest BCUT2D eigenvalue weighted by molar-refractivity contribution is 5.78. The summed E-state index contributed by atoms with van der Waals surface area (Å²) in [6, 6.07) is 34.8. The number of nitrogens with zero attached hydrogens (tertiary/aromatic N) is 2. The van der Waals surface area contributed by atoms with Crippen LogP contribution in [0.2, 0.25) is 0 Å². The SMILES string of the molecule is Cc1ccc(N(C)c2ccc(N(c3ccc(C)cc3)c3ccc(C)cc3)cc2)cc1. The van der Waals surface area contributed by atoms with Crippen molar-refractivity contribution in [3.63, 3.8) is 0 Å². The summed E-state index contributed by atoms with van der Waals surface area (Å²) in [6.45, 7) is 6.36. The van der Waals surface area contributed by atoms with Crippen LogP contribution in [0.3, 0.4) is 0 Å². The number of hydrogen-bond donors (Lipinski definition) is 0. The molecular weight excluding hydrogens is 364 g/mol. The molecule has 0 N–H and O–H groups in total. The molecular formula is C28H28N2. The fourth-order valence-electron chi connectivity index (χ4n) is 3.58. The molecule has 0 aliphatic carbocycles. The average Bonchev–Trinajstić information content (AvgIpc) is 2.77. The van der Waals surface area contributed by atoms with E-state index in [-0.39, 0.29) is 0 Å². The molecule has 0 saturated heterocycles. The van der Waals surface area contributed by atoms with Crippen molar-refractivity contribution in [1.29, 1.82) is 0 Å². The van der Waals surface area contributed by atoms with Crippen LogP contribution in [0.15, 0.2) is 97.1 Å². The predicted molar refractivity (Wildman–Crippen MR) is 130 cm³/mol. The van der Waals surface area contributed by atoms with Crippen molar-refractivity contribution >= 4 is 28.4 Å². The minimum atomic E-state index is 1.14. The van der Waals surface area contributed by atoms with Crippen molar-refractivity contribution in [2.24, 2.45) is 0 Å². The van der Waals surface area contributed by atoms with Crippen LogP contribution in [0.1, 0.15) is 16.7 Å². The summed E-state index contributed by atoms with van der Waals surface area (Å²) in [7, 11) is 2.11. The second-order valence-corrected chi connectivity index (χ2v) is 7.92. The first-order valence-corrected chi connectivity index (χ1v) is 10.4. The van der Waals surface area contributed by atoms with E-state index in [4.69, 9.17) is 0 Å². The second-order valence-electron chi connectivity index (χ2n) is 7.92. The summed E-state index contributed by atoms with van der Waals surface area (Å²) in [6.07, 6.45) is 0. The van der Waals surface area contributed by atoms with Gasteiger partial charge < -0.3 is 9.80 Å². The monoisotopic (exact) mass is 392 g/mol. The van der Waals surface area contributed by atoms with Gasteiger partial charge in [0.25, 0.3) is 0 Å². The Morgan fingerprint density at radius 1 is 0.367 bits per heavy atom. The maximum atomic E-state index is 2.30. The standard InChI is InChI=1S/C28H28N2/c1-21-5-11-24(12-6-21)29(4)25-17-19-28(20-18-25)30(26-13-7-22(2)8-14-26)27-15-9-23(3)10-16-27/h5-20H,1-4H3. The molecule has 0 aliphatic heterocycles. The maximum Gasteiger partial charge on any atom is 0.0463 e. The van der Waals surface area contributed by atoms with Gasteiger partial charge in [0, 0.05) is 35.5 Å². The van der Waals surface area contributed by atoms with Crippen molar-refractivity contribution in [3.05, 3.63) is 114 Å². The molecule has 150 valence electrons. The number of aryl methyl sites for hydroxylation is 3. The third-order valence-corrected chi connectivity index (χ3v) is 5.50. The summed E-state index contributed by atoms with van der Waals surface area (Å²) < 4.78 is 0. The molecule has 4 aromatic rings. The summed E-state index contributed by atoms with van der Waals surface area (Å²) in [5, 5.41) is 0. The summed E-state index contributed by atoms with van der Waals surface area (Å²) >= 11 is 0. The molecule has 0 heterocycles. The van der Waals surface area contributed by atoms with Gasteiger partial charge in [-0.3, -0.25) is 0 Å². The highest BCUT2D eigenvalue weighted by atomic mass is 15.1. The summed E-state index contributed by atoms with van der Waals surface area (Å²) in [4.78, 5) is 4.51. The number of hydrogen-bond acceptors (Lipinski definition) is 2. The lowest BCUT2D eigenvalue weighted by Gasteiger charge is -2.27. The van der Waals surface area contributed by atoms with Gasteiger partial charge >= 0.3 is 0 Å². The molecule has 0 fully saturated rings. The number of benzene rings is 4. The molecule has 0 bridgehead atoms. The van der Waals surface area contributed by atoms with Gasteiger partial charge in [-0.2, -0.15) is 0 Å². The quantitative estimate of drug-likeness (QED) is 0.341. The minimum Gasteiger partial charge on any atom is -0.345 e. The normalized spacial score (nSPS) is 10.7. The highest BCUT2D eigenvalue weighted by Gasteiger charge is 2.13. The molecule has 4 rings (SSSR count). The predicted octanol–water partition coefficient (Wildman–Crippen LogP) is 7.85. The molecule has 0 spiro atoms. The lowest BCUT2D eigenvalue weighted by molar-refractivity contribution is 1.20. The molecule has 0 unspecified atom stereocenters. The smallest absolute Gasteiger partial charge is 0.0463 e. The minimum absolute atomic E-state index is 1.14. The van der Waals surface area contributed by atoms with E-state index in [0.29, 0.717) is 0 Å². The van der Waals surface area contributed by atoms with Crippen LogP contribution < -0.4 is 9.80 Å². The largest absolute Gasteiger partial charge is 0.345 e. The molecule has 0 amide bonds. The first kappa shape index (κ1) is 19.8. The Hall–Kier alpha value is -3.52. The summed E-state index contributed by atoms with van der Waals surface area (Å²) in [5.74, 6) is 0. The molecule has 2 nitrogen and oxygen atoms in total. The Morgan fingerprint density at radius 2 is 0.600 bits per heavy atom. The molecule has 0 saturated carbocycles. The summed E-state index contributed by atoms with van der Waals surface area (Å²) in [5.41, 5.74) is 9.60. The molecule has 4 aromatic carbocycles. The van der Waals surface area contributed by atoms with Crippen LogP contribution in [0.25, 0.3) is 0 Å². The van der Waals surface area contributed by atoms with Crippen LogP contribution in [0.5, 0.6) is 0 Å². The molecule has 0 atom stereocenters. The Morgan fingerprint density at radius 3 is 0.933 bits per heavy atom. The van der Waals surface area contributed by atoms with Crippen LogP contribution in [-0.2, 0) is 0 Å². The van der Waals surface area contributed by atoms with E-state index in [1.165, 1.54) is 22.4 Å². The van der Waals surface area contributed by atoms with Gasteiger partial charge in [0.2, 0.25) is 0 Å². The molecule has 0 radical (unpaired) electrons. The Bertz CT molecular complexity index is 1050. The molecule has 0 aromatic heterocycles. The average molecular weight is 393 g/mol. The third kappa shape index (κ3) is 4.23. The van der Waals surface area contributed by atoms with E-state index in [2.05, 4.69) is 135 Å². The van der Waals surface area contributed by atoms with Crippen LogP contribution in [0, 0.1) is 20.8 Å². The number of anilines is 5. The highest BCUT2D eigenvalue weighted by Crippen LogP contribution is 2.36. The van der Waals surface area contributed by atoms with Crippen molar-refractivity contribution in [3.8, 4) is 0 Å². The molecule has 0 aliphatic rings. The van der Waals surface area contributed by atoms with E-state index in [1.807, 2.05) is 0 Å². The van der Waals surface area contributed by atoms with Gasteiger partial charge in [0.05, 0.1) is 0 Å². The lowest BCUT2D eigenvalue weighted by Crippen LogP contribution is -2.12. The lowest BCUT2D eigenvalue weighted by atomic mass is 10.1. The van der Waals surface area contributed by atoms with Gasteiger partial charge in [-0.1, -0.05) is 53.1 Å². The van der Waals surface area contributed by atoms with Crippen molar-refractivity contribution in [2.75, 3.05) is 16.8 Å². The topological polar surface area (TPSA) is 6.48 Å². The third-order valence-electron chi connectivity index (χ3n) is 5.50. The van der Waals surface area contributed by atoms with E-state index in [0.717, 1.165) is 22.7 Å². The van der Waals surface area contributed by atoms with Gasteiger partial charge in [-0.05, 0) is 81.4 Å². The fourth-order valence-corrected chi connectivity index (χ4v) is 3.58. The van der Waals surface area contributed by atoms with E-state index in [9.17, 15) is 0 Å². The van der Waals surface area contributed by atoms with Gasteiger partial charge in [0.15, 0.2) is 0 Å². The fraction of sp³-hybridized carbons (Fsp3) is 0.143. The first-order valence-electron chi connectivity index (χ1n) is 10.4. The Balaban J connectivity index is 1.69. The van der Waals surface area contributed by atoms with Crippen LogP contribution in [0.4, 0.5) is 28.4 Å². The zero-order valence-electron chi connectivity index (χ0n) is 18.1. The molecule has 2 heteroatoms.